The Bertz CT molecular complexity index is 163. The van der Waals surface area contributed by atoms with Gasteiger partial charge >= 0.3 is 0 Å². The zero-order valence-electron chi connectivity index (χ0n) is 14.5. The van der Waals surface area contributed by atoms with E-state index in [1.54, 1.807) is 0 Å². The van der Waals surface area contributed by atoms with Gasteiger partial charge in [-0.2, -0.15) is 0 Å². The fourth-order valence-electron chi connectivity index (χ4n) is 2.98. The molecule has 0 N–H and O–H groups in total. The van der Waals surface area contributed by atoms with E-state index in [0.717, 1.165) is 37.4 Å². The monoisotopic (exact) mass is 302 g/mol. The van der Waals surface area contributed by atoms with Crippen LogP contribution in [0.2, 0.25) is 18.1 Å². The SMILES string of the molecule is CCCCCC[Si](F)(CCCCCC)CCCCCC. The van der Waals surface area contributed by atoms with Crippen LogP contribution in [-0.4, -0.2) is 8.41 Å². The molecule has 0 rings (SSSR count). The molecule has 0 aliphatic heterocycles. The maximum atomic E-state index is 15.2. The molecule has 0 radical (unpaired) electrons. The lowest BCUT2D eigenvalue weighted by molar-refractivity contribution is 0.618. The number of unbranched alkanes of at least 4 members (excludes halogenated alkanes) is 9. The van der Waals surface area contributed by atoms with Gasteiger partial charge in [0.15, 0.2) is 0 Å². The average Bonchev–Trinajstić information content (AvgIpc) is 2.45. The minimum Gasteiger partial charge on any atom is -0.314 e. The summed E-state index contributed by atoms with van der Waals surface area (Å²) in [5, 5.41) is 0. The molecule has 0 heterocycles. The second kappa shape index (κ2) is 14.1. The first kappa shape index (κ1) is 20.1. The fourth-order valence-corrected chi connectivity index (χ4v) is 6.38. The molecule has 0 nitrogen and oxygen atoms in total. The first-order valence-corrected chi connectivity index (χ1v) is 11.9. The van der Waals surface area contributed by atoms with Gasteiger partial charge in [-0.05, 0) is 18.1 Å². The number of rotatable bonds is 15. The molecule has 0 saturated carbocycles. The van der Waals surface area contributed by atoms with Crippen LogP contribution in [0.3, 0.4) is 0 Å². The minimum atomic E-state index is -2.40. The van der Waals surface area contributed by atoms with Crippen molar-refractivity contribution in [2.24, 2.45) is 0 Å². The molecule has 20 heavy (non-hydrogen) atoms. The first-order valence-electron chi connectivity index (χ1n) is 9.37. The van der Waals surface area contributed by atoms with E-state index in [0.29, 0.717) is 0 Å². The van der Waals surface area contributed by atoms with Crippen LogP contribution in [0.25, 0.3) is 0 Å². The Morgan fingerprint density at radius 1 is 0.500 bits per heavy atom. The lowest BCUT2D eigenvalue weighted by Crippen LogP contribution is -2.28. The van der Waals surface area contributed by atoms with Gasteiger partial charge in [0.2, 0.25) is 8.41 Å². The average molecular weight is 303 g/mol. The maximum absolute atomic E-state index is 15.2. The highest BCUT2D eigenvalue weighted by atomic mass is 28.4. The normalized spacial score (nSPS) is 12.0. The van der Waals surface area contributed by atoms with E-state index in [2.05, 4.69) is 20.8 Å². The summed E-state index contributed by atoms with van der Waals surface area (Å²) in [6.45, 7) is 6.70. The van der Waals surface area contributed by atoms with Crippen LogP contribution < -0.4 is 0 Å². The van der Waals surface area contributed by atoms with Gasteiger partial charge in [-0.15, -0.1) is 0 Å². The van der Waals surface area contributed by atoms with Gasteiger partial charge in [0.1, 0.15) is 0 Å². The number of halogens is 1. The Morgan fingerprint density at radius 3 is 1.05 bits per heavy atom. The molecule has 122 valence electrons. The number of hydrogen-bond donors (Lipinski definition) is 0. The van der Waals surface area contributed by atoms with Crippen molar-refractivity contribution in [1.82, 2.24) is 0 Å². The van der Waals surface area contributed by atoms with Crippen LogP contribution >= 0.6 is 0 Å². The van der Waals surface area contributed by atoms with Gasteiger partial charge < -0.3 is 4.11 Å². The molecule has 0 spiro atoms. The summed E-state index contributed by atoms with van der Waals surface area (Å²) in [5.41, 5.74) is 0. The Labute approximate surface area is 129 Å². The lowest BCUT2D eigenvalue weighted by Gasteiger charge is -2.22. The van der Waals surface area contributed by atoms with E-state index in [-0.39, 0.29) is 0 Å². The van der Waals surface area contributed by atoms with Crippen molar-refractivity contribution in [3.05, 3.63) is 0 Å². The molecular weight excluding hydrogens is 263 g/mol. The smallest absolute Gasteiger partial charge is 0.247 e. The molecule has 0 aromatic carbocycles. The van der Waals surface area contributed by atoms with Gasteiger partial charge in [-0.25, -0.2) is 0 Å². The maximum Gasteiger partial charge on any atom is 0.247 e. The van der Waals surface area contributed by atoms with E-state index in [1.807, 2.05) is 0 Å². The largest absolute Gasteiger partial charge is 0.314 e. The van der Waals surface area contributed by atoms with Crippen molar-refractivity contribution in [3.63, 3.8) is 0 Å². The van der Waals surface area contributed by atoms with E-state index in [4.69, 9.17) is 0 Å². The Balaban J connectivity index is 3.98. The van der Waals surface area contributed by atoms with E-state index in [1.165, 1.54) is 57.8 Å². The highest BCUT2D eigenvalue weighted by molar-refractivity contribution is 6.73. The summed E-state index contributed by atoms with van der Waals surface area (Å²) in [6.07, 6.45) is 14.8. The summed E-state index contributed by atoms with van der Waals surface area (Å²) in [6, 6.07) is 2.85. The molecule has 0 amide bonds. The van der Waals surface area contributed by atoms with Crippen LogP contribution in [0.4, 0.5) is 4.11 Å². The quantitative estimate of drug-likeness (QED) is 0.166. The van der Waals surface area contributed by atoms with Gasteiger partial charge in [0.05, 0.1) is 0 Å². The van der Waals surface area contributed by atoms with Crippen LogP contribution in [-0.2, 0) is 0 Å². The molecular formula is C18H39FSi. The van der Waals surface area contributed by atoms with Crippen molar-refractivity contribution < 1.29 is 4.11 Å². The zero-order chi connectivity index (χ0) is 15.1. The highest BCUT2D eigenvalue weighted by Gasteiger charge is 2.32. The molecule has 2 heteroatoms. The summed E-state index contributed by atoms with van der Waals surface area (Å²) in [7, 11) is -2.40. The molecule has 0 unspecified atom stereocenters. The second-order valence-corrected chi connectivity index (χ2v) is 10.4. The van der Waals surface area contributed by atoms with Crippen molar-refractivity contribution in [2.75, 3.05) is 0 Å². The lowest BCUT2D eigenvalue weighted by atomic mass is 10.2. The molecule has 0 fully saturated rings. The standard InChI is InChI=1S/C18H39FSi/c1-4-7-10-13-16-20(19,17-14-11-8-5-2)18-15-12-9-6-3/h4-18H2,1-3H3. The molecule has 0 aliphatic carbocycles. The van der Waals surface area contributed by atoms with Crippen LogP contribution in [0.5, 0.6) is 0 Å². The van der Waals surface area contributed by atoms with E-state index in [9.17, 15) is 0 Å². The summed E-state index contributed by atoms with van der Waals surface area (Å²) in [5.74, 6) is 0. The topological polar surface area (TPSA) is 0 Å². The van der Waals surface area contributed by atoms with Crippen LogP contribution in [0, 0.1) is 0 Å². The summed E-state index contributed by atoms with van der Waals surface area (Å²) < 4.78 is 15.2. The minimum absolute atomic E-state index is 0.950. The van der Waals surface area contributed by atoms with Crippen molar-refractivity contribution in [2.45, 2.75) is 116 Å². The fraction of sp³-hybridized carbons (Fsp3) is 1.00. The Morgan fingerprint density at radius 2 is 0.800 bits per heavy atom. The van der Waals surface area contributed by atoms with Gasteiger partial charge in [0, 0.05) is 0 Å². The third-order valence-electron chi connectivity index (χ3n) is 4.44. The van der Waals surface area contributed by atoms with Gasteiger partial charge in [-0.1, -0.05) is 97.8 Å². The summed E-state index contributed by atoms with van der Waals surface area (Å²) >= 11 is 0. The zero-order valence-corrected chi connectivity index (χ0v) is 15.5. The van der Waals surface area contributed by atoms with Crippen molar-refractivity contribution in [1.29, 1.82) is 0 Å². The third kappa shape index (κ3) is 11.9. The van der Waals surface area contributed by atoms with Crippen LogP contribution in [0.15, 0.2) is 0 Å². The highest BCUT2D eigenvalue weighted by Crippen LogP contribution is 2.30. The predicted molar refractivity (Wildman–Crippen MR) is 93.7 cm³/mol. The summed E-state index contributed by atoms with van der Waals surface area (Å²) in [4.78, 5) is 0. The predicted octanol–water partition coefficient (Wildman–Crippen LogP) is 7.64. The van der Waals surface area contributed by atoms with Crippen molar-refractivity contribution in [3.8, 4) is 0 Å². The van der Waals surface area contributed by atoms with Crippen molar-refractivity contribution >= 4 is 8.41 Å². The van der Waals surface area contributed by atoms with Gasteiger partial charge in [-0.3, -0.25) is 0 Å². The Hall–Kier alpha value is 0.147. The molecule has 0 bridgehead atoms. The molecule has 0 saturated heterocycles. The molecule has 0 aromatic heterocycles. The van der Waals surface area contributed by atoms with E-state index >= 15 is 4.11 Å². The second-order valence-electron chi connectivity index (χ2n) is 6.58. The Kier molecular flexibility index (Phi) is 14.2. The third-order valence-corrected chi connectivity index (χ3v) is 8.18. The van der Waals surface area contributed by atoms with Crippen LogP contribution in [0.1, 0.15) is 97.8 Å². The molecule has 0 atom stereocenters. The number of hydrogen-bond acceptors (Lipinski definition) is 0. The molecule has 0 aliphatic rings. The molecule has 0 aromatic rings. The van der Waals surface area contributed by atoms with E-state index < -0.39 is 8.41 Å². The van der Waals surface area contributed by atoms with Gasteiger partial charge in [0.25, 0.3) is 0 Å². The first-order chi connectivity index (χ1) is 9.68.